The first kappa shape index (κ1) is 12.8. The van der Waals surface area contributed by atoms with E-state index in [9.17, 15) is 4.79 Å². The van der Waals surface area contributed by atoms with Crippen LogP contribution in [-0.2, 0) is 6.54 Å². The van der Waals surface area contributed by atoms with Crippen molar-refractivity contribution in [3.63, 3.8) is 0 Å². The third-order valence-electron chi connectivity index (χ3n) is 2.47. The fourth-order valence-corrected chi connectivity index (χ4v) is 2.15. The number of aromatic nitrogens is 3. The zero-order valence-corrected chi connectivity index (χ0v) is 11.4. The number of nitrogens with zero attached hydrogens (tertiary/aromatic N) is 3. The zero-order chi connectivity index (χ0) is 13.1. The van der Waals surface area contributed by atoms with E-state index >= 15 is 0 Å². The first-order chi connectivity index (χ1) is 8.63. The first-order valence-electron chi connectivity index (χ1n) is 5.56. The quantitative estimate of drug-likeness (QED) is 0.943. The summed E-state index contributed by atoms with van der Waals surface area (Å²) < 4.78 is 2.52. The average Bonchev–Trinajstić information content (AvgIpc) is 2.73. The molecule has 0 spiro atoms. The second-order valence-electron chi connectivity index (χ2n) is 3.83. The Morgan fingerprint density at radius 1 is 1.50 bits per heavy atom. The largest absolute Gasteiger partial charge is 0.476 e. The summed E-state index contributed by atoms with van der Waals surface area (Å²) in [5.74, 6) is -1.06. The van der Waals surface area contributed by atoms with Gasteiger partial charge in [-0.2, -0.15) is 0 Å². The summed E-state index contributed by atoms with van der Waals surface area (Å²) in [7, 11) is 0. The Balaban J connectivity index is 2.59. The smallest absolute Gasteiger partial charge is 0.358 e. The fourth-order valence-electron chi connectivity index (χ4n) is 1.75. The highest BCUT2D eigenvalue weighted by molar-refractivity contribution is 9.10. The minimum Gasteiger partial charge on any atom is -0.476 e. The summed E-state index contributed by atoms with van der Waals surface area (Å²) in [6, 6.07) is 7.45. The van der Waals surface area contributed by atoms with E-state index in [1.54, 1.807) is 4.68 Å². The second-order valence-corrected chi connectivity index (χ2v) is 4.74. The molecular weight excluding hydrogens is 298 g/mol. The maximum atomic E-state index is 11.2. The molecule has 1 N–H and O–H groups in total. The van der Waals surface area contributed by atoms with E-state index in [0.29, 0.717) is 12.2 Å². The van der Waals surface area contributed by atoms with Crippen LogP contribution >= 0.6 is 15.9 Å². The number of aromatic carboxylic acids is 1. The van der Waals surface area contributed by atoms with E-state index in [1.807, 2.05) is 31.2 Å². The first-order valence-corrected chi connectivity index (χ1v) is 6.35. The molecule has 0 amide bonds. The van der Waals surface area contributed by atoms with Crippen LogP contribution in [0.3, 0.4) is 0 Å². The van der Waals surface area contributed by atoms with Crippen molar-refractivity contribution in [1.29, 1.82) is 0 Å². The molecule has 1 aromatic carbocycles. The molecule has 1 aromatic heterocycles. The molecule has 0 aliphatic heterocycles. The van der Waals surface area contributed by atoms with Crippen LogP contribution in [0.15, 0.2) is 28.7 Å². The maximum absolute atomic E-state index is 11.2. The summed E-state index contributed by atoms with van der Waals surface area (Å²) in [4.78, 5) is 11.2. The molecule has 1 heterocycles. The number of aryl methyl sites for hydroxylation is 1. The molecule has 0 aliphatic carbocycles. The molecular formula is C12H12BrN3O2. The van der Waals surface area contributed by atoms with E-state index in [-0.39, 0.29) is 5.69 Å². The Labute approximate surface area is 113 Å². The van der Waals surface area contributed by atoms with Gasteiger partial charge in [0.15, 0.2) is 5.69 Å². The molecule has 0 atom stereocenters. The number of carbonyl (C=O) groups is 1. The van der Waals surface area contributed by atoms with E-state index in [4.69, 9.17) is 5.11 Å². The highest BCUT2D eigenvalue weighted by Crippen LogP contribution is 2.25. The van der Waals surface area contributed by atoms with Gasteiger partial charge in [-0.15, -0.1) is 5.10 Å². The van der Waals surface area contributed by atoms with Crippen LogP contribution < -0.4 is 0 Å². The lowest BCUT2D eigenvalue weighted by Gasteiger charge is -2.06. The standard InChI is InChI=1S/C12H12BrN3O2/c1-2-6-16-11(10(12(17)18)14-15-16)8-4-3-5-9(13)7-8/h3-5,7H,2,6H2,1H3,(H,17,18). The summed E-state index contributed by atoms with van der Waals surface area (Å²) in [5.41, 5.74) is 1.33. The van der Waals surface area contributed by atoms with Crippen molar-refractivity contribution in [3.05, 3.63) is 34.4 Å². The van der Waals surface area contributed by atoms with E-state index in [0.717, 1.165) is 16.5 Å². The number of hydrogen-bond donors (Lipinski definition) is 1. The highest BCUT2D eigenvalue weighted by Gasteiger charge is 2.20. The molecule has 0 aliphatic rings. The van der Waals surface area contributed by atoms with Crippen LogP contribution in [0.4, 0.5) is 0 Å². The van der Waals surface area contributed by atoms with Gasteiger partial charge in [-0.05, 0) is 18.6 Å². The number of benzene rings is 1. The van der Waals surface area contributed by atoms with Crippen LogP contribution in [-0.4, -0.2) is 26.1 Å². The van der Waals surface area contributed by atoms with Gasteiger partial charge >= 0.3 is 5.97 Å². The molecule has 2 aromatic rings. The number of halogens is 1. The Morgan fingerprint density at radius 3 is 2.89 bits per heavy atom. The molecule has 18 heavy (non-hydrogen) atoms. The lowest BCUT2D eigenvalue weighted by atomic mass is 10.1. The zero-order valence-electron chi connectivity index (χ0n) is 9.80. The average molecular weight is 310 g/mol. The normalized spacial score (nSPS) is 10.6. The Morgan fingerprint density at radius 2 is 2.28 bits per heavy atom. The number of hydrogen-bond acceptors (Lipinski definition) is 3. The molecule has 5 nitrogen and oxygen atoms in total. The molecule has 0 saturated carbocycles. The van der Waals surface area contributed by atoms with Gasteiger partial charge in [0, 0.05) is 16.6 Å². The molecule has 94 valence electrons. The molecule has 0 fully saturated rings. The van der Waals surface area contributed by atoms with Gasteiger partial charge in [-0.3, -0.25) is 0 Å². The molecule has 0 radical (unpaired) electrons. The lowest BCUT2D eigenvalue weighted by molar-refractivity contribution is 0.0691. The second kappa shape index (κ2) is 5.30. The lowest BCUT2D eigenvalue weighted by Crippen LogP contribution is -2.04. The van der Waals surface area contributed by atoms with E-state index < -0.39 is 5.97 Å². The highest BCUT2D eigenvalue weighted by atomic mass is 79.9. The maximum Gasteiger partial charge on any atom is 0.358 e. The Hall–Kier alpha value is -1.69. The Bertz CT molecular complexity index is 580. The van der Waals surface area contributed by atoms with Crippen LogP contribution in [0.5, 0.6) is 0 Å². The summed E-state index contributed by atoms with van der Waals surface area (Å²) in [6.45, 7) is 2.65. The SMILES string of the molecule is CCCn1nnc(C(=O)O)c1-c1cccc(Br)c1. The van der Waals surface area contributed by atoms with E-state index in [2.05, 4.69) is 26.2 Å². The third kappa shape index (κ3) is 2.43. The number of carboxylic acid groups (broad SMARTS) is 1. The molecule has 6 heteroatoms. The van der Waals surface area contributed by atoms with Gasteiger partial charge in [0.2, 0.25) is 0 Å². The van der Waals surface area contributed by atoms with Crippen LogP contribution in [0.2, 0.25) is 0 Å². The van der Waals surface area contributed by atoms with Gasteiger partial charge in [-0.25, -0.2) is 9.48 Å². The van der Waals surface area contributed by atoms with Gasteiger partial charge in [0.25, 0.3) is 0 Å². The van der Waals surface area contributed by atoms with Crippen molar-refractivity contribution in [2.45, 2.75) is 19.9 Å². The van der Waals surface area contributed by atoms with Gasteiger partial charge in [-0.1, -0.05) is 40.2 Å². The minimum atomic E-state index is -1.06. The van der Waals surface area contributed by atoms with Crippen molar-refractivity contribution >= 4 is 21.9 Å². The van der Waals surface area contributed by atoms with Crippen LogP contribution in [0, 0.1) is 0 Å². The van der Waals surface area contributed by atoms with Gasteiger partial charge in [0.1, 0.15) is 5.69 Å². The van der Waals surface area contributed by atoms with Crippen molar-refractivity contribution in [3.8, 4) is 11.3 Å². The van der Waals surface area contributed by atoms with Crippen molar-refractivity contribution in [1.82, 2.24) is 15.0 Å². The van der Waals surface area contributed by atoms with E-state index in [1.165, 1.54) is 0 Å². The van der Waals surface area contributed by atoms with Crippen LogP contribution in [0.25, 0.3) is 11.3 Å². The predicted octanol–water partition coefficient (Wildman–Crippen LogP) is 2.82. The van der Waals surface area contributed by atoms with Crippen molar-refractivity contribution in [2.24, 2.45) is 0 Å². The number of rotatable bonds is 4. The fraction of sp³-hybridized carbons (Fsp3) is 0.250. The van der Waals surface area contributed by atoms with Crippen molar-refractivity contribution < 1.29 is 9.90 Å². The topological polar surface area (TPSA) is 68.0 Å². The Kier molecular flexibility index (Phi) is 3.76. The van der Waals surface area contributed by atoms with Gasteiger partial charge < -0.3 is 5.11 Å². The summed E-state index contributed by atoms with van der Waals surface area (Å²) in [6.07, 6.45) is 0.865. The summed E-state index contributed by atoms with van der Waals surface area (Å²) in [5, 5.41) is 16.8. The van der Waals surface area contributed by atoms with Gasteiger partial charge in [0.05, 0.1) is 0 Å². The number of carboxylic acids is 1. The summed E-state index contributed by atoms with van der Waals surface area (Å²) >= 11 is 3.38. The molecule has 0 unspecified atom stereocenters. The molecule has 0 saturated heterocycles. The third-order valence-corrected chi connectivity index (χ3v) is 2.96. The monoisotopic (exact) mass is 309 g/mol. The predicted molar refractivity (Wildman–Crippen MR) is 70.4 cm³/mol. The minimum absolute atomic E-state index is 0.0125. The molecule has 2 rings (SSSR count). The van der Waals surface area contributed by atoms with Crippen molar-refractivity contribution in [2.75, 3.05) is 0 Å². The molecule has 0 bridgehead atoms. The van der Waals surface area contributed by atoms with Crippen LogP contribution in [0.1, 0.15) is 23.8 Å².